The van der Waals surface area contributed by atoms with Crippen LogP contribution in [0, 0.1) is 6.92 Å². The van der Waals surface area contributed by atoms with E-state index in [1.54, 1.807) is 12.1 Å². The quantitative estimate of drug-likeness (QED) is 0.774. The first-order valence-electron chi connectivity index (χ1n) is 5.59. The molecule has 0 amide bonds. The van der Waals surface area contributed by atoms with Gasteiger partial charge >= 0.3 is 5.97 Å². The maximum absolute atomic E-state index is 10.8. The second-order valence-electron chi connectivity index (χ2n) is 4.05. The van der Waals surface area contributed by atoms with Crippen LogP contribution in [0.15, 0.2) is 18.2 Å². The summed E-state index contributed by atoms with van der Waals surface area (Å²) in [6.07, 6.45) is 0.171. The van der Waals surface area contributed by atoms with E-state index in [0.717, 1.165) is 5.56 Å². The van der Waals surface area contributed by atoms with Gasteiger partial charge in [-0.2, -0.15) is 0 Å². The van der Waals surface area contributed by atoms with Gasteiger partial charge in [-0.25, -0.2) is 4.79 Å². The lowest BCUT2D eigenvalue weighted by atomic mass is 10.1. The number of rotatable bonds is 6. The number of benzene rings is 1. The summed E-state index contributed by atoms with van der Waals surface area (Å²) in [4.78, 5) is 10.8. The van der Waals surface area contributed by atoms with E-state index in [4.69, 9.17) is 14.6 Å². The molecule has 0 spiro atoms. The summed E-state index contributed by atoms with van der Waals surface area (Å²) in [5.41, 5.74) is 1.15. The van der Waals surface area contributed by atoms with Crippen molar-refractivity contribution >= 4 is 5.97 Å². The van der Waals surface area contributed by atoms with Crippen molar-refractivity contribution in [2.75, 3.05) is 13.2 Å². The van der Waals surface area contributed by atoms with Gasteiger partial charge in [0.1, 0.15) is 12.4 Å². The average molecular weight is 238 g/mol. The standard InChI is InChI=1S/C13H18O4/c1-9(2)16-6-7-17-12-8-11(13(14)15)5-4-10(12)3/h4-5,8-9H,6-7H2,1-3H3,(H,14,15). The van der Waals surface area contributed by atoms with Gasteiger partial charge in [-0.1, -0.05) is 6.07 Å². The second-order valence-corrected chi connectivity index (χ2v) is 4.05. The van der Waals surface area contributed by atoms with Crippen LogP contribution in [0.5, 0.6) is 5.75 Å². The molecule has 1 aromatic carbocycles. The normalized spacial score (nSPS) is 10.6. The van der Waals surface area contributed by atoms with E-state index in [1.165, 1.54) is 6.07 Å². The van der Waals surface area contributed by atoms with Crippen LogP contribution in [0.25, 0.3) is 0 Å². The zero-order valence-electron chi connectivity index (χ0n) is 10.4. The molecule has 0 atom stereocenters. The van der Waals surface area contributed by atoms with Crippen molar-refractivity contribution < 1.29 is 19.4 Å². The number of hydrogen-bond donors (Lipinski definition) is 1. The minimum absolute atomic E-state index is 0.171. The number of aryl methyl sites for hydroxylation is 1. The van der Waals surface area contributed by atoms with Gasteiger partial charge in [0.2, 0.25) is 0 Å². The average Bonchev–Trinajstić information content (AvgIpc) is 2.25. The molecule has 0 aromatic heterocycles. The zero-order valence-corrected chi connectivity index (χ0v) is 10.4. The SMILES string of the molecule is Cc1ccc(C(=O)O)cc1OCCOC(C)C. The lowest BCUT2D eigenvalue weighted by Crippen LogP contribution is -2.12. The van der Waals surface area contributed by atoms with Crippen LogP contribution in [0.4, 0.5) is 0 Å². The summed E-state index contributed by atoms with van der Waals surface area (Å²) in [5, 5.41) is 8.86. The first-order chi connectivity index (χ1) is 8.00. The fourth-order valence-corrected chi connectivity index (χ4v) is 1.32. The molecule has 1 aromatic rings. The van der Waals surface area contributed by atoms with Crippen molar-refractivity contribution in [3.05, 3.63) is 29.3 Å². The fourth-order valence-electron chi connectivity index (χ4n) is 1.32. The van der Waals surface area contributed by atoms with E-state index in [-0.39, 0.29) is 11.7 Å². The van der Waals surface area contributed by atoms with Gasteiger partial charge in [-0.15, -0.1) is 0 Å². The lowest BCUT2D eigenvalue weighted by molar-refractivity contribution is 0.0550. The molecule has 0 aliphatic heterocycles. The Kier molecular flexibility index (Phi) is 4.97. The molecular formula is C13H18O4. The lowest BCUT2D eigenvalue weighted by Gasteiger charge is -2.11. The number of hydrogen-bond acceptors (Lipinski definition) is 3. The summed E-state index contributed by atoms with van der Waals surface area (Å²) in [6.45, 7) is 6.70. The molecule has 0 radical (unpaired) electrons. The molecule has 0 aliphatic carbocycles. The highest BCUT2D eigenvalue weighted by Gasteiger charge is 2.07. The summed E-state index contributed by atoms with van der Waals surface area (Å²) < 4.78 is 10.8. The molecule has 0 unspecified atom stereocenters. The Hall–Kier alpha value is -1.55. The topological polar surface area (TPSA) is 55.8 Å². The molecular weight excluding hydrogens is 220 g/mol. The van der Waals surface area contributed by atoms with Crippen molar-refractivity contribution in [3.8, 4) is 5.75 Å². The van der Waals surface area contributed by atoms with Gasteiger partial charge < -0.3 is 14.6 Å². The highest BCUT2D eigenvalue weighted by molar-refractivity contribution is 5.88. The molecule has 0 aliphatic rings. The molecule has 0 bridgehead atoms. The number of carbonyl (C=O) groups is 1. The number of carboxylic acid groups (broad SMARTS) is 1. The van der Waals surface area contributed by atoms with Gasteiger partial charge in [0, 0.05) is 0 Å². The van der Waals surface area contributed by atoms with E-state index >= 15 is 0 Å². The predicted octanol–water partition coefficient (Wildman–Crippen LogP) is 2.50. The van der Waals surface area contributed by atoms with Crippen LogP contribution >= 0.6 is 0 Å². The van der Waals surface area contributed by atoms with Crippen LogP contribution < -0.4 is 4.74 Å². The largest absolute Gasteiger partial charge is 0.491 e. The second kappa shape index (κ2) is 6.25. The number of carboxylic acids is 1. The minimum Gasteiger partial charge on any atom is -0.491 e. The van der Waals surface area contributed by atoms with E-state index in [0.29, 0.717) is 19.0 Å². The molecule has 0 saturated heterocycles. The fraction of sp³-hybridized carbons (Fsp3) is 0.462. The minimum atomic E-state index is -0.951. The Bertz CT molecular complexity index is 385. The molecule has 0 heterocycles. The van der Waals surface area contributed by atoms with Crippen LogP contribution in [0.2, 0.25) is 0 Å². The van der Waals surface area contributed by atoms with Gasteiger partial charge in [-0.05, 0) is 38.5 Å². The molecule has 1 rings (SSSR count). The van der Waals surface area contributed by atoms with Crippen LogP contribution in [0.1, 0.15) is 29.8 Å². The summed E-state index contributed by atoms with van der Waals surface area (Å²) >= 11 is 0. The highest BCUT2D eigenvalue weighted by Crippen LogP contribution is 2.19. The van der Waals surface area contributed by atoms with Crippen molar-refractivity contribution in [2.45, 2.75) is 26.9 Å². The molecule has 4 heteroatoms. The van der Waals surface area contributed by atoms with Crippen molar-refractivity contribution in [2.24, 2.45) is 0 Å². The molecule has 0 fully saturated rings. The number of ether oxygens (including phenoxy) is 2. The Morgan fingerprint density at radius 2 is 2.06 bits per heavy atom. The van der Waals surface area contributed by atoms with Crippen molar-refractivity contribution in [1.29, 1.82) is 0 Å². The van der Waals surface area contributed by atoms with Gasteiger partial charge in [-0.3, -0.25) is 0 Å². The summed E-state index contributed by atoms with van der Waals surface area (Å²) in [6, 6.07) is 4.84. The summed E-state index contributed by atoms with van der Waals surface area (Å²) in [5.74, 6) is -0.356. The third kappa shape index (κ3) is 4.44. The van der Waals surface area contributed by atoms with Crippen LogP contribution in [-0.4, -0.2) is 30.4 Å². The first kappa shape index (κ1) is 13.5. The smallest absolute Gasteiger partial charge is 0.335 e. The zero-order chi connectivity index (χ0) is 12.8. The molecule has 0 saturated carbocycles. The third-order valence-corrected chi connectivity index (χ3v) is 2.23. The molecule has 17 heavy (non-hydrogen) atoms. The molecule has 94 valence electrons. The Morgan fingerprint density at radius 3 is 2.65 bits per heavy atom. The van der Waals surface area contributed by atoms with Gasteiger partial charge in [0.25, 0.3) is 0 Å². The van der Waals surface area contributed by atoms with Crippen molar-refractivity contribution in [1.82, 2.24) is 0 Å². The first-order valence-corrected chi connectivity index (χ1v) is 5.59. The molecule has 4 nitrogen and oxygen atoms in total. The Labute approximate surface area is 101 Å². The van der Waals surface area contributed by atoms with Gasteiger partial charge in [0.05, 0.1) is 18.3 Å². The summed E-state index contributed by atoms with van der Waals surface area (Å²) in [7, 11) is 0. The van der Waals surface area contributed by atoms with E-state index in [9.17, 15) is 4.79 Å². The Morgan fingerprint density at radius 1 is 1.35 bits per heavy atom. The van der Waals surface area contributed by atoms with Crippen molar-refractivity contribution in [3.63, 3.8) is 0 Å². The maximum atomic E-state index is 10.8. The Balaban J connectivity index is 2.57. The number of aromatic carboxylic acids is 1. The van der Waals surface area contributed by atoms with E-state index in [1.807, 2.05) is 20.8 Å². The van der Waals surface area contributed by atoms with Crippen LogP contribution in [-0.2, 0) is 4.74 Å². The van der Waals surface area contributed by atoms with E-state index in [2.05, 4.69) is 0 Å². The monoisotopic (exact) mass is 238 g/mol. The third-order valence-electron chi connectivity index (χ3n) is 2.23. The highest BCUT2D eigenvalue weighted by atomic mass is 16.5. The van der Waals surface area contributed by atoms with Crippen LogP contribution in [0.3, 0.4) is 0 Å². The molecule has 1 N–H and O–H groups in total. The van der Waals surface area contributed by atoms with Gasteiger partial charge in [0.15, 0.2) is 0 Å². The maximum Gasteiger partial charge on any atom is 0.335 e. The van der Waals surface area contributed by atoms with E-state index < -0.39 is 5.97 Å². The predicted molar refractivity (Wildman–Crippen MR) is 64.7 cm³/mol.